The molecule has 1 rings (SSSR count). The Morgan fingerprint density at radius 3 is 2.68 bits per heavy atom. The summed E-state index contributed by atoms with van der Waals surface area (Å²) in [7, 11) is -3.17. The number of amides is 1. The van der Waals surface area contributed by atoms with Crippen molar-refractivity contribution in [3.8, 4) is 0 Å². The second kappa shape index (κ2) is 6.28. The maximum atomic E-state index is 11.4. The average Bonchev–Trinajstić information content (AvgIpc) is 2.33. The van der Waals surface area contributed by atoms with Crippen LogP contribution in [0.15, 0.2) is 18.3 Å². The molecule has 19 heavy (non-hydrogen) atoms. The van der Waals surface area contributed by atoms with Crippen LogP contribution in [0.1, 0.15) is 22.5 Å². The summed E-state index contributed by atoms with van der Waals surface area (Å²) in [6, 6.07) is 2.69. The van der Waals surface area contributed by atoms with Gasteiger partial charge in [0.1, 0.15) is 9.84 Å². The lowest BCUT2D eigenvalue weighted by Gasteiger charge is -2.05. The van der Waals surface area contributed by atoms with Crippen LogP contribution in [0.3, 0.4) is 0 Å². The maximum absolute atomic E-state index is 11.4. The van der Waals surface area contributed by atoms with Gasteiger partial charge in [0, 0.05) is 18.9 Å². The molecule has 1 heterocycles. The van der Waals surface area contributed by atoms with Gasteiger partial charge in [0.2, 0.25) is 5.91 Å². The molecule has 7 nitrogen and oxygen atoms in total. The number of sulfone groups is 1. The summed E-state index contributed by atoms with van der Waals surface area (Å²) in [4.78, 5) is 26.0. The molecule has 0 bridgehead atoms. The van der Waals surface area contributed by atoms with Crippen LogP contribution in [0.25, 0.3) is 0 Å². The smallest absolute Gasteiger partial charge is 0.335 e. The zero-order chi connectivity index (χ0) is 14.5. The number of aromatic nitrogens is 1. The van der Waals surface area contributed by atoms with Crippen LogP contribution in [0.4, 0.5) is 0 Å². The lowest BCUT2D eigenvalue weighted by atomic mass is 10.2. The van der Waals surface area contributed by atoms with Crippen molar-refractivity contribution >= 4 is 21.7 Å². The molecule has 1 aromatic rings. The third-order valence-electron chi connectivity index (χ3n) is 2.23. The summed E-state index contributed by atoms with van der Waals surface area (Å²) >= 11 is 0. The van der Waals surface area contributed by atoms with Crippen molar-refractivity contribution in [3.05, 3.63) is 29.6 Å². The third-order valence-corrected chi connectivity index (χ3v) is 3.18. The molecular weight excluding hydrogens is 272 g/mol. The van der Waals surface area contributed by atoms with E-state index in [1.807, 2.05) is 0 Å². The molecule has 0 saturated carbocycles. The molecule has 0 atom stereocenters. The van der Waals surface area contributed by atoms with Crippen molar-refractivity contribution in [2.24, 2.45) is 0 Å². The Hall–Kier alpha value is -1.96. The number of carbonyl (C=O) groups is 2. The molecule has 8 heteroatoms. The zero-order valence-corrected chi connectivity index (χ0v) is 11.1. The number of carboxylic acids is 1. The SMILES string of the molecule is CS(=O)(=O)CCC(=O)NCc1cc(C(=O)O)ccn1. The normalized spacial score (nSPS) is 11.0. The molecule has 0 unspecified atom stereocenters. The number of nitrogens with one attached hydrogen (secondary N) is 1. The van der Waals surface area contributed by atoms with E-state index in [1.54, 1.807) is 0 Å². The van der Waals surface area contributed by atoms with Gasteiger partial charge < -0.3 is 10.4 Å². The van der Waals surface area contributed by atoms with Crippen molar-refractivity contribution in [2.45, 2.75) is 13.0 Å². The average molecular weight is 286 g/mol. The van der Waals surface area contributed by atoms with Crippen LogP contribution in [0, 0.1) is 0 Å². The van der Waals surface area contributed by atoms with Gasteiger partial charge >= 0.3 is 5.97 Å². The highest BCUT2D eigenvalue weighted by Gasteiger charge is 2.09. The fourth-order valence-corrected chi connectivity index (χ4v) is 1.82. The van der Waals surface area contributed by atoms with Gasteiger partial charge in [-0.3, -0.25) is 9.78 Å². The van der Waals surface area contributed by atoms with Crippen LogP contribution in [0.2, 0.25) is 0 Å². The van der Waals surface area contributed by atoms with E-state index in [4.69, 9.17) is 5.11 Å². The minimum atomic E-state index is -3.17. The number of carbonyl (C=O) groups excluding carboxylic acids is 1. The largest absolute Gasteiger partial charge is 0.478 e. The molecule has 1 aromatic heterocycles. The van der Waals surface area contributed by atoms with Crippen LogP contribution in [-0.2, 0) is 21.2 Å². The maximum Gasteiger partial charge on any atom is 0.335 e. The van der Waals surface area contributed by atoms with Gasteiger partial charge in [-0.05, 0) is 12.1 Å². The van der Waals surface area contributed by atoms with Crippen molar-refractivity contribution in [1.82, 2.24) is 10.3 Å². The summed E-state index contributed by atoms with van der Waals surface area (Å²) < 4.78 is 21.7. The predicted octanol–water partition coefficient (Wildman–Crippen LogP) is -0.169. The molecule has 1 amide bonds. The Morgan fingerprint density at radius 1 is 1.42 bits per heavy atom. The van der Waals surface area contributed by atoms with E-state index in [-0.39, 0.29) is 24.3 Å². The van der Waals surface area contributed by atoms with Gasteiger partial charge in [0.05, 0.1) is 23.6 Å². The van der Waals surface area contributed by atoms with Gasteiger partial charge in [-0.25, -0.2) is 13.2 Å². The Kier molecular flexibility index (Phi) is 4.99. The van der Waals surface area contributed by atoms with Crippen LogP contribution < -0.4 is 5.32 Å². The standard InChI is InChI=1S/C11H14N2O5S/c1-19(17,18)5-3-10(14)13-7-9-6-8(11(15)16)2-4-12-9/h2,4,6H,3,5,7H2,1H3,(H,13,14)(H,15,16). The quantitative estimate of drug-likeness (QED) is 0.750. The van der Waals surface area contributed by atoms with E-state index < -0.39 is 21.7 Å². The number of aromatic carboxylic acids is 1. The van der Waals surface area contributed by atoms with Gasteiger partial charge in [0.25, 0.3) is 0 Å². The number of carboxylic acid groups (broad SMARTS) is 1. The molecular formula is C11H14N2O5S. The number of hydrogen-bond acceptors (Lipinski definition) is 5. The Balaban J connectivity index is 2.50. The van der Waals surface area contributed by atoms with Gasteiger partial charge in [-0.1, -0.05) is 0 Å². The van der Waals surface area contributed by atoms with Crippen LogP contribution >= 0.6 is 0 Å². The molecule has 0 radical (unpaired) electrons. The molecule has 0 aliphatic carbocycles. The minimum Gasteiger partial charge on any atom is -0.478 e. The van der Waals surface area contributed by atoms with E-state index in [1.165, 1.54) is 18.3 Å². The lowest BCUT2D eigenvalue weighted by Crippen LogP contribution is -2.25. The van der Waals surface area contributed by atoms with Crippen LogP contribution in [-0.4, -0.2) is 42.4 Å². The van der Waals surface area contributed by atoms with Gasteiger partial charge in [-0.2, -0.15) is 0 Å². The van der Waals surface area contributed by atoms with E-state index in [0.29, 0.717) is 5.69 Å². The summed E-state index contributed by atoms with van der Waals surface area (Å²) in [6.07, 6.45) is 2.26. The van der Waals surface area contributed by atoms with E-state index in [2.05, 4.69) is 10.3 Å². The molecule has 0 saturated heterocycles. The van der Waals surface area contributed by atoms with E-state index in [9.17, 15) is 18.0 Å². The highest BCUT2D eigenvalue weighted by Crippen LogP contribution is 2.01. The highest BCUT2D eigenvalue weighted by molar-refractivity contribution is 7.90. The van der Waals surface area contributed by atoms with Crippen molar-refractivity contribution in [2.75, 3.05) is 12.0 Å². The fraction of sp³-hybridized carbons (Fsp3) is 0.364. The van der Waals surface area contributed by atoms with Crippen molar-refractivity contribution in [3.63, 3.8) is 0 Å². The Morgan fingerprint density at radius 2 is 2.11 bits per heavy atom. The van der Waals surface area contributed by atoms with Crippen LogP contribution in [0.5, 0.6) is 0 Å². The van der Waals surface area contributed by atoms with E-state index >= 15 is 0 Å². The molecule has 2 N–H and O–H groups in total. The third kappa shape index (κ3) is 5.96. The molecule has 0 aliphatic rings. The summed E-state index contributed by atoms with van der Waals surface area (Å²) in [6.45, 7) is 0.0592. The number of pyridine rings is 1. The first-order chi connectivity index (χ1) is 8.78. The van der Waals surface area contributed by atoms with Crippen molar-refractivity contribution < 1.29 is 23.1 Å². The lowest BCUT2D eigenvalue weighted by molar-refractivity contribution is -0.120. The second-order valence-electron chi connectivity index (χ2n) is 4.00. The highest BCUT2D eigenvalue weighted by atomic mass is 32.2. The number of nitrogens with zero attached hydrogens (tertiary/aromatic N) is 1. The van der Waals surface area contributed by atoms with E-state index in [0.717, 1.165) is 6.26 Å². The number of hydrogen-bond donors (Lipinski definition) is 2. The molecule has 0 aromatic carbocycles. The first-order valence-electron chi connectivity index (χ1n) is 5.40. The monoisotopic (exact) mass is 286 g/mol. The fourth-order valence-electron chi connectivity index (χ4n) is 1.26. The van der Waals surface area contributed by atoms with Crippen molar-refractivity contribution in [1.29, 1.82) is 0 Å². The molecule has 0 aliphatic heterocycles. The van der Waals surface area contributed by atoms with Gasteiger partial charge in [-0.15, -0.1) is 0 Å². The molecule has 104 valence electrons. The Labute approximate surface area is 110 Å². The Bertz CT molecular complexity index is 583. The predicted molar refractivity (Wildman–Crippen MR) is 67.4 cm³/mol. The first kappa shape index (κ1) is 15.1. The molecule has 0 fully saturated rings. The summed E-state index contributed by atoms with van der Waals surface area (Å²) in [5, 5.41) is 11.3. The number of rotatable bonds is 6. The topological polar surface area (TPSA) is 113 Å². The summed E-state index contributed by atoms with van der Waals surface area (Å²) in [5.41, 5.74) is 0.475. The summed E-state index contributed by atoms with van der Waals surface area (Å²) in [5.74, 6) is -1.72. The minimum absolute atomic E-state index is 0.0592. The molecule has 0 spiro atoms. The van der Waals surface area contributed by atoms with Gasteiger partial charge in [0.15, 0.2) is 0 Å². The zero-order valence-electron chi connectivity index (χ0n) is 10.3. The second-order valence-corrected chi connectivity index (χ2v) is 6.26. The first-order valence-corrected chi connectivity index (χ1v) is 7.46.